The van der Waals surface area contributed by atoms with Crippen LogP contribution in [0, 0.1) is 23.7 Å². The van der Waals surface area contributed by atoms with E-state index in [0.29, 0.717) is 0 Å². The molecule has 2 bridgehead atoms. The van der Waals surface area contributed by atoms with Gasteiger partial charge < -0.3 is 0 Å². The molecule has 0 radical (unpaired) electrons. The van der Waals surface area contributed by atoms with Gasteiger partial charge in [-0.3, -0.25) is 9.80 Å². The molecule has 2 heterocycles. The average molecular weight is 276 g/mol. The number of nitrogens with zero attached hydrogens (tertiary/aromatic N) is 2. The van der Waals surface area contributed by atoms with Crippen molar-refractivity contribution >= 4 is 0 Å². The third-order valence-corrected chi connectivity index (χ3v) is 6.96. The Labute approximate surface area is 124 Å². The Balaban J connectivity index is 1.44. The summed E-state index contributed by atoms with van der Waals surface area (Å²) in [6.07, 6.45) is 9.12. The Hall–Kier alpha value is -0.0800. The monoisotopic (exact) mass is 276 g/mol. The van der Waals surface area contributed by atoms with E-state index in [1.165, 1.54) is 39.0 Å². The molecule has 2 aliphatic carbocycles. The molecular formula is C18H32N2. The number of hydrogen-bond donors (Lipinski definition) is 0. The summed E-state index contributed by atoms with van der Waals surface area (Å²) in [6, 6.07) is 1.71. The Kier molecular flexibility index (Phi) is 3.58. The molecule has 0 aromatic heterocycles. The molecule has 0 aromatic carbocycles. The number of fused-ring (bicyclic) bond motifs is 3. The molecule has 2 heteroatoms. The van der Waals surface area contributed by atoms with E-state index in [9.17, 15) is 0 Å². The van der Waals surface area contributed by atoms with E-state index in [1.807, 2.05) is 0 Å². The van der Waals surface area contributed by atoms with E-state index in [2.05, 4.69) is 23.6 Å². The van der Waals surface area contributed by atoms with Gasteiger partial charge in [-0.15, -0.1) is 0 Å². The molecule has 5 atom stereocenters. The fourth-order valence-corrected chi connectivity index (χ4v) is 5.85. The summed E-state index contributed by atoms with van der Waals surface area (Å²) in [6.45, 7) is 10.4. The van der Waals surface area contributed by atoms with Crippen LogP contribution in [0.25, 0.3) is 0 Å². The summed E-state index contributed by atoms with van der Waals surface area (Å²) in [7, 11) is 0. The molecule has 2 aliphatic heterocycles. The molecule has 0 aromatic rings. The summed E-state index contributed by atoms with van der Waals surface area (Å²) < 4.78 is 0. The van der Waals surface area contributed by atoms with E-state index < -0.39 is 0 Å². The second-order valence-corrected chi connectivity index (χ2v) is 8.49. The van der Waals surface area contributed by atoms with E-state index in [-0.39, 0.29) is 0 Å². The second kappa shape index (κ2) is 5.28. The van der Waals surface area contributed by atoms with Crippen LogP contribution in [0.2, 0.25) is 0 Å². The van der Waals surface area contributed by atoms with Crippen LogP contribution >= 0.6 is 0 Å². The zero-order chi connectivity index (χ0) is 13.7. The second-order valence-electron chi connectivity index (χ2n) is 8.49. The molecule has 4 aliphatic rings. The predicted octanol–water partition coefficient (Wildman–Crippen LogP) is 3.23. The fraction of sp³-hybridized carbons (Fsp3) is 1.00. The molecule has 4 rings (SSSR count). The van der Waals surface area contributed by atoms with E-state index in [1.54, 1.807) is 25.7 Å². The molecule has 2 nitrogen and oxygen atoms in total. The lowest BCUT2D eigenvalue weighted by molar-refractivity contribution is 0.0135. The van der Waals surface area contributed by atoms with Crippen LogP contribution in [0.3, 0.4) is 0 Å². The Morgan fingerprint density at radius 2 is 1.95 bits per heavy atom. The number of piperazine rings is 1. The largest absolute Gasteiger partial charge is 0.298 e. The lowest BCUT2D eigenvalue weighted by Crippen LogP contribution is -2.58. The lowest BCUT2D eigenvalue weighted by atomic mass is 9.87. The highest BCUT2D eigenvalue weighted by Gasteiger charge is 2.43. The molecule has 0 N–H and O–H groups in total. The predicted molar refractivity (Wildman–Crippen MR) is 83.7 cm³/mol. The van der Waals surface area contributed by atoms with Gasteiger partial charge in [0.25, 0.3) is 0 Å². The van der Waals surface area contributed by atoms with Gasteiger partial charge >= 0.3 is 0 Å². The third-order valence-electron chi connectivity index (χ3n) is 6.96. The first kappa shape index (κ1) is 13.6. The van der Waals surface area contributed by atoms with E-state index in [4.69, 9.17) is 0 Å². The van der Waals surface area contributed by atoms with Gasteiger partial charge in [-0.05, 0) is 62.3 Å². The van der Waals surface area contributed by atoms with Gasteiger partial charge in [0, 0.05) is 31.7 Å². The molecule has 2 saturated carbocycles. The van der Waals surface area contributed by atoms with Crippen LogP contribution in [0.5, 0.6) is 0 Å². The fourth-order valence-electron chi connectivity index (χ4n) is 5.85. The maximum Gasteiger partial charge on any atom is 0.0247 e. The maximum absolute atomic E-state index is 2.92. The first-order chi connectivity index (χ1) is 9.70. The van der Waals surface area contributed by atoms with Gasteiger partial charge in [-0.1, -0.05) is 20.3 Å². The van der Waals surface area contributed by atoms with Gasteiger partial charge in [0.15, 0.2) is 0 Å². The average Bonchev–Trinajstić information content (AvgIpc) is 3.12. The summed E-state index contributed by atoms with van der Waals surface area (Å²) >= 11 is 0. The highest BCUT2D eigenvalue weighted by Crippen LogP contribution is 2.49. The first-order valence-electron chi connectivity index (χ1n) is 9.19. The van der Waals surface area contributed by atoms with Crippen LogP contribution in [-0.4, -0.2) is 48.1 Å². The minimum Gasteiger partial charge on any atom is -0.298 e. The SMILES string of the molecule is CC(C)C1CN2CCCC2CN1CC1CC2CCC1C2. The quantitative estimate of drug-likeness (QED) is 0.781. The summed E-state index contributed by atoms with van der Waals surface area (Å²) in [5, 5.41) is 0. The van der Waals surface area contributed by atoms with Crippen molar-refractivity contribution in [2.45, 2.75) is 64.5 Å². The molecule has 0 spiro atoms. The van der Waals surface area contributed by atoms with Crippen LogP contribution < -0.4 is 0 Å². The third kappa shape index (κ3) is 2.33. The van der Waals surface area contributed by atoms with E-state index >= 15 is 0 Å². The van der Waals surface area contributed by atoms with Gasteiger partial charge in [0.2, 0.25) is 0 Å². The normalized spacial score (nSPS) is 45.5. The van der Waals surface area contributed by atoms with Crippen molar-refractivity contribution in [2.24, 2.45) is 23.7 Å². The standard InChI is InChI=1S/C18H32N2/c1-13(2)18-12-19-7-3-4-17(19)11-20(18)10-16-9-14-5-6-15(16)8-14/h13-18H,3-12H2,1-2H3. The smallest absolute Gasteiger partial charge is 0.0247 e. The zero-order valence-electron chi connectivity index (χ0n) is 13.4. The molecule has 114 valence electrons. The molecule has 2 saturated heterocycles. The minimum absolute atomic E-state index is 0.815. The van der Waals surface area contributed by atoms with Crippen molar-refractivity contribution in [3.63, 3.8) is 0 Å². The lowest BCUT2D eigenvalue weighted by Gasteiger charge is -2.47. The Morgan fingerprint density at radius 1 is 1.05 bits per heavy atom. The number of rotatable bonds is 3. The highest BCUT2D eigenvalue weighted by atomic mass is 15.3. The summed E-state index contributed by atoms with van der Waals surface area (Å²) in [5.74, 6) is 4.06. The molecular weight excluding hydrogens is 244 g/mol. The minimum atomic E-state index is 0.815. The van der Waals surface area contributed by atoms with Crippen molar-refractivity contribution in [3.8, 4) is 0 Å². The Morgan fingerprint density at radius 3 is 2.65 bits per heavy atom. The molecule has 4 fully saturated rings. The molecule has 20 heavy (non-hydrogen) atoms. The van der Waals surface area contributed by atoms with Gasteiger partial charge in [0.05, 0.1) is 0 Å². The van der Waals surface area contributed by atoms with Crippen molar-refractivity contribution < 1.29 is 0 Å². The van der Waals surface area contributed by atoms with Crippen LogP contribution in [-0.2, 0) is 0 Å². The maximum atomic E-state index is 2.92. The number of hydrogen-bond acceptors (Lipinski definition) is 2. The molecule has 0 amide bonds. The van der Waals surface area contributed by atoms with Crippen molar-refractivity contribution in [3.05, 3.63) is 0 Å². The van der Waals surface area contributed by atoms with Crippen LogP contribution in [0.4, 0.5) is 0 Å². The van der Waals surface area contributed by atoms with Crippen molar-refractivity contribution in [1.82, 2.24) is 9.80 Å². The topological polar surface area (TPSA) is 6.48 Å². The molecule has 5 unspecified atom stereocenters. The summed E-state index contributed by atoms with van der Waals surface area (Å²) in [4.78, 5) is 5.71. The van der Waals surface area contributed by atoms with Crippen molar-refractivity contribution in [2.75, 3.05) is 26.2 Å². The zero-order valence-corrected chi connectivity index (χ0v) is 13.4. The Bertz CT molecular complexity index is 353. The van der Waals surface area contributed by atoms with Gasteiger partial charge in [0.1, 0.15) is 0 Å². The van der Waals surface area contributed by atoms with Crippen molar-refractivity contribution in [1.29, 1.82) is 0 Å². The first-order valence-corrected chi connectivity index (χ1v) is 9.19. The highest BCUT2D eigenvalue weighted by molar-refractivity contribution is 4.97. The van der Waals surface area contributed by atoms with Gasteiger partial charge in [-0.25, -0.2) is 0 Å². The van der Waals surface area contributed by atoms with Crippen LogP contribution in [0.1, 0.15) is 52.4 Å². The van der Waals surface area contributed by atoms with E-state index in [0.717, 1.165) is 35.8 Å². The van der Waals surface area contributed by atoms with Crippen LogP contribution in [0.15, 0.2) is 0 Å². The summed E-state index contributed by atoms with van der Waals surface area (Å²) in [5.41, 5.74) is 0. The van der Waals surface area contributed by atoms with Gasteiger partial charge in [-0.2, -0.15) is 0 Å².